The van der Waals surface area contributed by atoms with Gasteiger partial charge in [0.1, 0.15) is 17.2 Å². The number of pyridine rings is 1. The number of hydrogen-bond acceptors (Lipinski definition) is 5. The molecule has 0 fully saturated rings. The molecular weight excluding hydrogens is 424 g/mol. The van der Waals surface area contributed by atoms with Gasteiger partial charge in [-0.2, -0.15) is 0 Å². The number of thioether (sulfide) groups is 1. The van der Waals surface area contributed by atoms with Crippen LogP contribution < -0.4 is 4.90 Å². The quantitative estimate of drug-likeness (QED) is 0.346. The Hall–Kier alpha value is -2.84. The lowest BCUT2D eigenvalue weighted by Gasteiger charge is -2.20. The Bertz CT molecular complexity index is 1150. The summed E-state index contributed by atoms with van der Waals surface area (Å²) in [5.74, 6) is -0.280. The van der Waals surface area contributed by atoms with Crippen LogP contribution in [0.1, 0.15) is 12.0 Å². The van der Waals surface area contributed by atoms with Crippen molar-refractivity contribution in [1.29, 1.82) is 0 Å². The minimum absolute atomic E-state index is 0.118. The third kappa shape index (κ3) is 4.83. The first-order chi connectivity index (χ1) is 14.6. The summed E-state index contributed by atoms with van der Waals surface area (Å²) in [5, 5.41) is 0.454. The average molecular weight is 442 g/mol. The number of para-hydroxylation sites is 1. The fraction of sp³-hybridized carbons (Fsp3) is 0.136. The third-order valence-corrected chi connectivity index (χ3v) is 6.41. The van der Waals surface area contributed by atoms with E-state index in [-0.39, 0.29) is 23.7 Å². The zero-order valence-electron chi connectivity index (χ0n) is 15.8. The van der Waals surface area contributed by atoms with E-state index in [1.54, 1.807) is 47.6 Å². The van der Waals surface area contributed by atoms with Crippen LogP contribution in [0.25, 0.3) is 10.2 Å². The van der Waals surface area contributed by atoms with Crippen molar-refractivity contribution in [2.24, 2.45) is 0 Å². The molecule has 0 saturated carbocycles. The van der Waals surface area contributed by atoms with Crippen LogP contribution in [0.4, 0.5) is 13.9 Å². The molecule has 0 N–H and O–H groups in total. The maximum absolute atomic E-state index is 14.1. The highest BCUT2D eigenvalue weighted by molar-refractivity contribution is 7.99. The second-order valence-corrected chi connectivity index (χ2v) is 8.65. The van der Waals surface area contributed by atoms with Gasteiger partial charge < -0.3 is 0 Å². The number of thiazole rings is 1. The number of carbonyl (C=O) groups excluding carboxylic acids is 1. The minimum Gasteiger partial charge on any atom is -0.284 e. The fourth-order valence-corrected chi connectivity index (χ4v) is 4.71. The lowest BCUT2D eigenvalue weighted by Crippen LogP contribution is -2.30. The predicted octanol–water partition coefficient (Wildman–Crippen LogP) is 5.69. The van der Waals surface area contributed by atoms with Gasteiger partial charge in [-0.3, -0.25) is 14.7 Å². The molecule has 0 spiro atoms. The first kappa shape index (κ1) is 20.4. The van der Waals surface area contributed by atoms with E-state index in [2.05, 4.69) is 9.97 Å². The van der Waals surface area contributed by atoms with Gasteiger partial charge in [-0.15, -0.1) is 11.8 Å². The maximum Gasteiger partial charge on any atom is 0.229 e. The lowest BCUT2D eigenvalue weighted by molar-refractivity contribution is -0.118. The molecule has 152 valence electrons. The minimum atomic E-state index is -0.407. The first-order valence-electron chi connectivity index (χ1n) is 9.23. The summed E-state index contributed by atoms with van der Waals surface area (Å²) in [4.78, 5) is 24.0. The van der Waals surface area contributed by atoms with Gasteiger partial charge in [0, 0.05) is 29.5 Å². The molecule has 0 atom stereocenters. The summed E-state index contributed by atoms with van der Waals surface area (Å²) in [6.45, 7) is 0.301. The summed E-state index contributed by atoms with van der Waals surface area (Å²) >= 11 is 2.76. The highest BCUT2D eigenvalue weighted by Gasteiger charge is 2.21. The predicted molar refractivity (Wildman–Crippen MR) is 117 cm³/mol. The zero-order valence-corrected chi connectivity index (χ0v) is 17.4. The van der Waals surface area contributed by atoms with Crippen molar-refractivity contribution < 1.29 is 13.6 Å². The number of benzene rings is 2. The smallest absolute Gasteiger partial charge is 0.229 e. The molecule has 0 aliphatic rings. The van der Waals surface area contributed by atoms with Crippen LogP contribution in [-0.4, -0.2) is 21.6 Å². The van der Waals surface area contributed by atoms with Crippen LogP contribution in [-0.2, 0) is 11.3 Å². The zero-order chi connectivity index (χ0) is 20.9. The molecule has 4 aromatic rings. The Morgan fingerprint density at radius 3 is 2.63 bits per heavy atom. The normalized spacial score (nSPS) is 11.0. The SMILES string of the molecule is O=C(CCSc1ccc(F)cc1)N(Cc1cccnc1)c1nc2c(F)cccc2s1. The molecule has 0 radical (unpaired) electrons. The summed E-state index contributed by atoms with van der Waals surface area (Å²) in [6, 6.07) is 14.6. The van der Waals surface area contributed by atoms with Crippen LogP contribution in [0.15, 0.2) is 71.9 Å². The molecular formula is C22H17F2N3OS2. The molecule has 0 aliphatic carbocycles. The van der Waals surface area contributed by atoms with Gasteiger partial charge in [0.25, 0.3) is 0 Å². The number of carbonyl (C=O) groups is 1. The van der Waals surface area contributed by atoms with Gasteiger partial charge in [0.15, 0.2) is 5.13 Å². The van der Waals surface area contributed by atoms with Gasteiger partial charge in [0.2, 0.25) is 5.91 Å². The standard InChI is InChI=1S/C22H17F2N3OS2/c23-16-6-8-17(9-7-16)29-12-10-20(28)27(14-15-3-2-11-25-13-15)22-26-21-18(24)4-1-5-19(21)30-22/h1-9,11,13H,10,12,14H2. The van der Waals surface area contributed by atoms with E-state index >= 15 is 0 Å². The van der Waals surface area contributed by atoms with Crippen molar-refractivity contribution in [1.82, 2.24) is 9.97 Å². The number of rotatable bonds is 7. The van der Waals surface area contributed by atoms with Gasteiger partial charge in [-0.1, -0.05) is 23.5 Å². The van der Waals surface area contributed by atoms with Crippen molar-refractivity contribution in [2.75, 3.05) is 10.7 Å². The van der Waals surface area contributed by atoms with Crippen molar-refractivity contribution in [3.63, 3.8) is 0 Å². The Kier molecular flexibility index (Phi) is 6.35. The number of anilines is 1. The number of fused-ring (bicyclic) bond motifs is 1. The van der Waals surface area contributed by atoms with Crippen molar-refractivity contribution >= 4 is 44.4 Å². The molecule has 2 heterocycles. The Morgan fingerprint density at radius 1 is 1.07 bits per heavy atom. The molecule has 30 heavy (non-hydrogen) atoms. The molecule has 1 amide bonds. The van der Waals surface area contributed by atoms with E-state index in [4.69, 9.17) is 0 Å². The van der Waals surface area contributed by atoms with Crippen molar-refractivity contribution in [2.45, 2.75) is 17.9 Å². The van der Waals surface area contributed by atoms with E-state index in [1.165, 1.54) is 41.3 Å². The van der Waals surface area contributed by atoms with Gasteiger partial charge in [0.05, 0.1) is 11.2 Å². The summed E-state index contributed by atoms with van der Waals surface area (Å²) in [6.07, 6.45) is 3.63. The van der Waals surface area contributed by atoms with Crippen LogP contribution in [0.3, 0.4) is 0 Å². The van der Waals surface area contributed by atoms with Crippen LogP contribution >= 0.6 is 23.1 Å². The Balaban J connectivity index is 1.53. The number of hydrogen-bond donors (Lipinski definition) is 0. The number of aromatic nitrogens is 2. The maximum atomic E-state index is 14.1. The van der Waals surface area contributed by atoms with Gasteiger partial charge >= 0.3 is 0 Å². The Labute approximate surface area is 180 Å². The molecule has 0 bridgehead atoms. The monoisotopic (exact) mass is 441 g/mol. The molecule has 2 aromatic heterocycles. The second-order valence-electron chi connectivity index (χ2n) is 6.48. The van der Waals surface area contributed by atoms with Crippen LogP contribution in [0.5, 0.6) is 0 Å². The van der Waals surface area contributed by atoms with Crippen LogP contribution in [0, 0.1) is 11.6 Å². The fourth-order valence-electron chi connectivity index (χ4n) is 2.88. The Morgan fingerprint density at radius 2 is 1.90 bits per heavy atom. The van der Waals surface area contributed by atoms with Crippen molar-refractivity contribution in [3.05, 3.63) is 84.2 Å². The molecule has 4 nitrogen and oxygen atoms in total. The van der Waals surface area contributed by atoms with Gasteiger partial charge in [-0.05, 0) is 48.0 Å². The summed E-state index contributed by atoms with van der Waals surface area (Å²) in [5.41, 5.74) is 1.12. The summed E-state index contributed by atoms with van der Waals surface area (Å²) in [7, 11) is 0. The topological polar surface area (TPSA) is 46.1 Å². The highest BCUT2D eigenvalue weighted by atomic mass is 32.2. The number of amides is 1. The van der Waals surface area contributed by atoms with E-state index in [0.717, 1.165) is 10.5 Å². The largest absolute Gasteiger partial charge is 0.284 e. The first-order valence-corrected chi connectivity index (χ1v) is 11.0. The van der Waals surface area contributed by atoms with E-state index < -0.39 is 5.82 Å². The van der Waals surface area contributed by atoms with E-state index in [9.17, 15) is 13.6 Å². The lowest BCUT2D eigenvalue weighted by atomic mass is 10.2. The average Bonchev–Trinajstić information content (AvgIpc) is 3.19. The highest BCUT2D eigenvalue weighted by Crippen LogP contribution is 2.32. The molecule has 0 saturated heterocycles. The third-order valence-electron chi connectivity index (χ3n) is 4.35. The molecule has 0 aliphatic heterocycles. The van der Waals surface area contributed by atoms with Crippen molar-refractivity contribution in [3.8, 4) is 0 Å². The summed E-state index contributed by atoms with van der Waals surface area (Å²) < 4.78 is 27.8. The molecule has 2 aromatic carbocycles. The second kappa shape index (κ2) is 9.32. The van der Waals surface area contributed by atoms with E-state index in [1.807, 2.05) is 6.07 Å². The molecule has 4 rings (SSSR count). The number of nitrogens with zero attached hydrogens (tertiary/aromatic N) is 3. The molecule has 0 unspecified atom stereocenters. The van der Waals surface area contributed by atoms with E-state index in [0.29, 0.717) is 22.1 Å². The number of halogens is 2. The molecule has 8 heteroatoms. The van der Waals surface area contributed by atoms with Gasteiger partial charge in [-0.25, -0.2) is 13.8 Å². The van der Waals surface area contributed by atoms with Crippen LogP contribution in [0.2, 0.25) is 0 Å².